The summed E-state index contributed by atoms with van der Waals surface area (Å²) in [6.07, 6.45) is 4.25. The van der Waals surface area contributed by atoms with Gasteiger partial charge in [0, 0.05) is 59.8 Å². The van der Waals surface area contributed by atoms with Gasteiger partial charge in [0.15, 0.2) is 0 Å². The molecule has 10 amide bonds. The minimum atomic E-state index is -1.69. The molecule has 24 heteroatoms. The number of primary amides is 1. The number of fused-ring (bicyclic) bond motifs is 2. The Morgan fingerprint density at radius 1 is 0.791 bits per heavy atom. The van der Waals surface area contributed by atoms with Crippen molar-refractivity contribution in [1.82, 2.24) is 53.0 Å². The van der Waals surface area contributed by atoms with E-state index in [0.29, 0.717) is 48.4 Å². The Morgan fingerprint density at radius 2 is 1.52 bits per heavy atom. The van der Waals surface area contributed by atoms with E-state index in [-0.39, 0.29) is 49.2 Å². The number of aliphatic carboxylic acids is 1. The smallest absolute Gasteiger partial charge is 0.315 e. The summed E-state index contributed by atoms with van der Waals surface area (Å²) in [6, 6.07) is 3.10. The molecule has 3 heterocycles. The number of carboxylic acid groups (broad SMARTS) is 1. The van der Waals surface area contributed by atoms with Gasteiger partial charge in [0.25, 0.3) is 0 Å². The van der Waals surface area contributed by atoms with Crippen LogP contribution in [0, 0.1) is 11.8 Å². The maximum absolute atomic E-state index is 13.7. The standard InChI is InChI=1S/C43H63N11O12S/c1-23(2)15-24(17-34(56)54-66)40(62)50-30(18-37(59)60)42(64)51-29(16-25-19-46-27-10-4-3-9-26(25)27)41(63)48-20-35(57)47-21-36(58)49-28(39(44)61)11-7-8-14-45-33(55)13-6-5-12-32-38-31(22-67-32)52-43(65)53-38/h3-4,9-10,19,23-24,28-32,38,46,66H,5-8,11-18,20-22H2,1-2H3,(H2,44,61)(H,45,55)(H,47,57)(H,48,63)(H,49,58)(H,50,62)(H,51,64)(H,54,56)(H,59,60)(H2,52,53,65)/t24?,28-,29-,30-,31-,32-,38-/m0/s1. The monoisotopic (exact) mass is 957 g/mol. The van der Waals surface area contributed by atoms with Crippen LogP contribution in [-0.2, 0) is 49.6 Å². The summed E-state index contributed by atoms with van der Waals surface area (Å²) in [7, 11) is 0. The van der Waals surface area contributed by atoms with Gasteiger partial charge < -0.3 is 58.4 Å². The lowest BCUT2D eigenvalue weighted by molar-refractivity contribution is -0.142. The second-order valence-electron chi connectivity index (χ2n) is 17.1. The number of carboxylic acids is 1. The fourth-order valence-corrected chi connectivity index (χ4v) is 9.47. The highest BCUT2D eigenvalue weighted by atomic mass is 32.2. The van der Waals surface area contributed by atoms with E-state index < -0.39 is 97.3 Å². The van der Waals surface area contributed by atoms with Crippen LogP contribution in [0.5, 0.6) is 0 Å². The summed E-state index contributed by atoms with van der Waals surface area (Å²) in [4.78, 5) is 129. The van der Waals surface area contributed by atoms with E-state index >= 15 is 0 Å². The minimum absolute atomic E-state index is 0.0966. The summed E-state index contributed by atoms with van der Waals surface area (Å²) < 4.78 is 0. The highest BCUT2D eigenvalue weighted by molar-refractivity contribution is 8.00. The molecule has 4 rings (SSSR count). The molecule has 0 spiro atoms. The van der Waals surface area contributed by atoms with E-state index in [9.17, 15) is 53.1 Å². The molecular formula is C43H63N11O12S. The van der Waals surface area contributed by atoms with Crippen molar-refractivity contribution in [3.63, 3.8) is 0 Å². The van der Waals surface area contributed by atoms with Crippen molar-refractivity contribution in [3.8, 4) is 0 Å². The molecule has 0 aliphatic carbocycles. The summed E-state index contributed by atoms with van der Waals surface area (Å²) >= 11 is 1.83. The fraction of sp³-hybridized carbons (Fsp3) is 0.581. The lowest BCUT2D eigenvalue weighted by atomic mass is 9.92. The first-order valence-corrected chi connectivity index (χ1v) is 23.4. The topological polar surface area (TPSA) is 361 Å². The first-order chi connectivity index (χ1) is 31.9. The van der Waals surface area contributed by atoms with Crippen LogP contribution < -0.4 is 53.7 Å². The van der Waals surface area contributed by atoms with Crippen molar-refractivity contribution >= 4 is 81.9 Å². The number of unbranched alkanes of at least 4 members (excludes halogenated alkanes) is 2. The van der Waals surface area contributed by atoms with Gasteiger partial charge in [0.1, 0.15) is 18.1 Å². The van der Waals surface area contributed by atoms with Crippen LogP contribution in [-0.4, -0.2) is 135 Å². The maximum atomic E-state index is 13.7. The molecule has 2 aliphatic rings. The molecule has 2 saturated heterocycles. The molecule has 2 fully saturated rings. The summed E-state index contributed by atoms with van der Waals surface area (Å²) in [5.41, 5.74) is 8.26. The van der Waals surface area contributed by atoms with Gasteiger partial charge in [-0.3, -0.25) is 48.4 Å². The number of hydrogen-bond acceptors (Lipinski definition) is 12. The molecule has 2 aromatic rings. The molecule has 1 aromatic carbocycles. The van der Waals surface area contributed by atoms with Crippen molar-refractivity contribution in [3.05, 3.63) is 36.0 Å². The minimum Gasteiger partial charge on any atom is -0.481 e. The van der Waals surface area contributed by atoms with Gasteiger partial charge in [0.2, 0.25) is 47.3 Å². The van der Waals surface area contributed by atoms with Gasteiger partial charge in [-0.05, 0) is 56.1 Å². The van der Waals surface area contributed by atoms with E-state index in [1.54, 1.807) is 44.3 Å². The molecule has 0 saturated carbocycles. The Bertz CT molecular complexity index is 2100. The number of benzene rings is 1. The van der Waals surface area contributed by atoms with E-state index in [1.165, 1.54) is 5.48 Å². The summed E-state index contributed by atoms with van der Waals surface area (Å²) in [5.74, 6) is -7.74. The average molecular weight is 958 g/mol. The predicted octanol–water partition coefficient (Wildman–Crippen LogP) is -1.07. The Morgan fingerprint density at radius 3 is 2.24 bits per heavy atom. The van der Waals surface area contributed by atoms with Gasteiger partial charge in [0.05, 0.1) is 31.6 Å². The number of H-pyrrole nitrogens is 1. The van der Waals surface area contributed by atoms with Crippen molar-refractivity contribution in [2.75, 3.05) is 25.4 Å². The van der Waals surface area contributed by atoms with Crippen LogP contribution >= 0.6 is 11.8 Å². The Kier molecular flexibility index (Phi) is 21.2. The zero-order chi connectivity index (χ0) is 49.0. The van der Waals surface area contributed by atoms with E-state index in [1.807, 2.05) is 11.8 Å². The van der Waals surface area contributed by atoms with E-state index in [4.69, 9.17) is 10.9 Å². The largest absolute Gasteiger partial charge is 0.481 e. The van der Waals surface area contributed by atoms with Gasteiger partial charge in [-0.15, -0.1) is 0 Å². The van der Waals surface area contributed by atoms with E-state index in [0.717, 1.165) is 24.1 Å². The molecule has 2 aliphatic heterocycles. The number of rotatable bonds is 29. The number of amides is 10. The van der Waals surface area contributed by atoms with Gasteiger partial charge in [-0.2, -0.15) is 11.8 Å². The van der Waals surface area contributed by atoms with Crippen LogP contribution in [0.1, 0.15) is 83.6 Å². The number of aromatic amines is 1. The third-order valence-corrected chi connectivity index (χ3v) is 12.8. The molecule has 368 valence electrons. The molecule has 23 nitrogen and oxygen atoms in total. The van der Waals surface area contributed by atoms with Gasteiger partial charge >= 0.3 is 12.0 Å². The number of hydrogen-bond donors (Lipinski definition) is 13. The van der Waals surface area contributed by atoms with Crippen LogP contribution in [0.25, 0.3) is 10.9 Å². The van der Waals surface area contributed by atoms with Crippen molar-refractivity contribution < 1.29 is 58.3 Å². The highest BCUT2D eigenvalue weighted by Crippen LogP contribution is 2.33. The Labute approximate surface area is 391 Å². The number of urea groups is 1. The van der Waals surface area contributed by atoms with Gasteiger partial charge in [-0.1, -0.05) is 38.5 Å². The fourth-order valence-electron chi connectivity index (χ4n) is 7.92. The molecule has 7 atom stereocenters. The normalized spacial score (nSPS) is 18.0. The number of para-hydroxylation sites is 1. The van der Waals surface area contributed by atoms with Crippen LogP contribution in [0.15, 0.2) is 30.5 Å². The van der Waals surface area contributed by atoms with Crippen LogP contribution in [0.2, 0.25) is 0 Å². The third kappa shape index (κ3) is 17.7. The second kappa shape index (κ2) is 26.6. The van der Waals surface area contributed by atoms with Crippen molar-refractivity contribution in [2.24, 2.45) is 17.6 Å². The van der Waals surface area contributed by atoms with Gasteiger partial charge in [-0.25, -0.2) is 10.3 Å². The molecule has 1 unspecified atom stereocenters. The highest BCUT2D eigenvalue weighted by Gasteiger charge is 2.42. The summed E-state index contributed by atoms with van der Waals surface area (Å²) in [5, 5.41) is 40.4. The van der Waals surface area contributed by atoms with Crippen LogP contribution in [0.3, 0.4) is 0 Å². The zero-order valence-electron chi connectivity index (χ0n) is 37.6. The number of nitrogens with two attached hydrogens (primary N) is 1. The quantitative estimate of drug-likeness (QED) is 0.0200. The number of hydroxylamine groups is 1. The number of carbonyl (C=O) groups is 10. The van der Waals surface area contributed by atoms with Crippen molar-refractivity contribution in [2.45, 2.75) is 120 Å². The zero-order valence-corrected chi connectivity index (χ0v) is 38.4. The average Bonchev–Trinajstić information content (AvgIpc) is 3.98. The number of nitrogens with one attached hydrogen (secondary N) is 10. The van der Waals surface area contributed by atoms with E-state index in [2.05, 4.69) is 47.5 Å². The molecule has 1 aromatic heterocycles. The lowest BCUT2D eigenvalue weighted by Gasteiger charge is -2.24. The van der Waals surface area contributed by atoms with Crippen LogP contribution in [0.4, 0.5) is 4.79 Å². The first kappa shape index (κ1) is 53.2. The number of aromatic nitrogens is 1. The van der Waals surface area contributed by atoms with Crippen molar-refractivity contribution in [1.29, 1.82) is 0 Å². The molecule has 67 heavy (non-hydrogen) atoms. The molecule has 0 radical (unpaired) electrons. The third-order valence-electron chi connectivity index (χ3n) is 11.3. The first-order valence-electron chi connectivity index (χ1n) is 22.3. The second-order valence-corrected chi connectivity index (χ2v) is 18.4. The number of carbonyl (C=O) groups excluding carboxylic acids is 9. The lowest BCUT2D eigenvalue weighted by Crippen LogP contribution is -2.56. The molecular weight excluding hydrogens is 895 g/mol. The molecule has 14 N–H and O–H groups in total. The molecule has 0 bridgehead atoms. The predicted molar refractivity (Wildman–Crippen MR) is 244 cm³/mol. The number of thioether (sulfide) groups is 1. The summed E-state index contributed by atoms with van der Waals surface area (Å²) in [6.45, 7) is 2.68. The Balaban J connectivity index is 1.23. The SMILES string of the molecule is CC(C)CC(CC(=O)NO)C(=O)N[C@@H](CC(=O)O)C(=O)N[C@@H](Cc1c[nH]c2ccccc12)C(=O)NCC(=O)NCC(=O)N[C@@H](CCCCNC(=O)CCCC[C@@H]1SC[C@@H]2NC(=O)N[C@@H]21)C(N)=O. The Hall–Kier alpha value is -6.43. The maximum Gasteiger partial charge on any atom is 0.315 e.